The van der Waals surface area contributed by atoms with Gasteiger partial charge in [-0.25, -0.2) is 5.43 Å². The molecule has 1 fully saturated rings. The summed E-state index contributed by atoms with van der Waals surface area (Å²) in [5, 5.41) is 11.2. The number of carbonyl (C=O) groups is 2. The minimum atomic E-state index is -0.299. The molecule has 0 aromatic carbocycles. The van der Waals surface area contributed by atoms with Gasteiger partial charge in [0.1, 0.15) is 5.76 Å². The van der Waals surface area contributed by atoms with Crippen LogP contribution in [-0.2, 0) is 6.42 Å². The van der Waals surface area contributed by atoms with E-state index in [-0.39, 0.29) is 28.9 Å². The Kier molecular flexibility index (Phi) is 6.14. The van der Waals surface area contributed by atoms with Crippen molar-refractivity contribution in [3.63, 3.8) is 0 Å². The summed E-state index contributed by atoms with van der Waals surface area (Å²) in [4.78, 5) is 29.5. The molecule has 0 atom stereocenters. The number of furan rings is 1. The van der Waals surface area contributed by atoms with Gasteiger partial charge < -0.3 is 15.1 Å². The van der Waals surface area contributed by atoms with E-state index in [0.29, 0.717) is 17.7 Å². The lowest BCUT2D eigenvalue weighted by Gasteiger charge is -2.46. The molecule has 2 aromatic heterocycles. The average Bonchev–Trinajstić information content (AvgIpc) is 3.07. The first-order valence-corrected chi connectivity index (χ1v) is 11.5. The number of piperidine rings is 1. The van der Waals surface area contributed by atoms with Crippen molar-refractivity contribution in [2.75, 3.05) is 0 Å². The maximum absolute atomic E-state index is 13.2. The van der Waals surface area contributed by atoms with Gasteiger partial charge in [0, 0.05) is 52.6 Å². The van der Waals surface area contributed by atoms with Gasteiger partial charge >= 0.3 is 0 Å². The van der Waals surface area contributed by atoms with Gasteiger partial charge in [-0.15, -0.1) is 0 Å². The van der Waals surface area contributed by atoms with Crippen LogP contribution in [0.25, 0.3) is 0 Å². The van der Waals surface area contributed by atoms with Crippen LogP contribution in [0.1, 0.15) is 91.2 Å². The van der Waals surface area contributed by atoms with Crippen molar-refractivity contribution in [3.05, 3.63) is 52.7 Å². The van der Waals surface area contributed by atoms with E-state index >= 15 is 0 Å². The average molecular weight is 452 g/mol. The van der Waals surface area contributed by atoms with E-state index in [2.05, 4.69) is 53.8 Å². The molecule has 3 heterocycles. The summed E-state index contributed by atoms with van der Waals surface area (Å²) >= 11 is 0. The highest BCUT2D eigenvalue weighted by Crippen LogP contribution is 2.32. The van der Waals surface area contributed by atoms with E-state index in [4.69, 9.17) is 4.42 Å². The Morgan fingerprint density at radius 1 is 1.09 bits per heavy atom. The number of rotatable bonds is 4. The van der Waals surface area contributed by atoms with Crippen molar-refractivity contribution < 1.29 is 14.0 Å². The summed E-state index contributed by atoms with van der Waals surface area (Å²) in [6.45, 7) is 10.5. The van der Waals surface area contributed by atoms with Crippen LogP contribution < -0.4 is 16.1 Å². The molecular formula is C25H33N5O3. The van der Waals surface area contributed by atoms with E-state index in [9.17, 15) is 9.59 Å². The van der Waals surface area contributed by atoms with E-state index < -0.39 is 0 Å². The number of fused-ring (bicyclic) bond motifs is 1. The Hall–Kier alpha value is -3.00. The number of hydrogen-bond donors (Lipinski definition) is 3. The second kappa shape index (κ2) is 8.74. The summed E-state index contributed by atoms with van der Waals surface area (Å²) in [5.74, 6) is 0.601. The van der Waals surface area contributed by atoms with Gasteiger partial charge in [0.05, 0.1) is 5.71 Å². The molecule has 2 amide bonds. The van der Waals surface area contributed by atoms with Crippen molar-refractivity contribution in [1.82, 2.24) is 21.0 Å². The van der Waals surface area contributed by atoms with Crippen LogP contribution in [0, 0.1) is 6.92 Å². The van der Waals surface area contributed by atoms with Crippen molar-refractivity contribution in [2.24, 2.45) is 5.10 Å². The molecule has 0 radical (unpaired) electrons. The first-order chi connectivity index (χ1) is 15.5. The molecule has 1 aliphatic carbocycles. The number of hydrazone groups is 1. The fourth-order valence-electron chi connectivity index (χ4n) is 5.36. The molecule has 8 nitrogen and oxygen atoms in total. The monoisotopic (exact) mass is 451 g/mol. The maximum Gasteiger partial charge on any atom is 0.287 e. The van der Waals surface area contributed by atoms with Gasteiger partial charge in [0.15, 0.2) is 5.76 Å². The fourth-order valence-corrected chi connectivity index (χ4v) is 5.36. The molecule has 1 saturated heterocycles. The van der Waals surface area contributed by atoms with Crippen LogP contribution >= 0.6 is 0 Å². The third kappa shape index (κ3) is 5.16. The molecule has 33 heavy (non-hydrogen) atoms. The number of nitrogens with one attached hydrogen (secondary N) is 3. The highest BCUT2D eigenvalue weighted by molar-refractivity contribution is 6.07. The van der Waals surface area contributed by atoms with Gasteiger partial charge in [-0.1, -0.05) is 0 Å². The number of aromatic nitrogens is 1. The molecule has 176 valence electrons. The highest BCUT2D eigenvalue weighted by Gasteiger charge is 2.39. The Morgan fingerprint density at radius 3 is 2.42 bits per heavy atom. The quantitative estimate of drug-likeness (QED) is 0.617. The highest BCUT2D eigenvalue weighted by atomic mass is 16.4. The van der Waals surface area contributed by atoms with E-state index in [1.807, 2.05) is 6.92 Å². The van der Waals surface area contributed by atoms with Crippen LogP contribution in [0.4, 0.5) is 0 Å². The van der Waals surface area contributed by atoms with E-state index in [0.717, 1.165) is 48.3 Å². The number of aryl methyl sites for hydroxylation is 1. The van der Waals surface area contributed by atoms with Crippen molar-refractivity contribution in [1.29, 1.82) is 0 Å². The molecule has 4 rings (SSSR count). The number of amides is 2. The summed E-state index contributed by atoms with van der Waals surface area (Å²) in [7, 11) is 0. The van der Waals surface area contributed by atoms with Crippen LogP contribution in [0.15, 0.2) is 34.0 Å². The Balaban J connectivity index is 1.52. The van der Waals surface area contributed by atoms with Gasteiger partial charge in [-0.05, 0) is 72.4 Å². The third-order valence-electron chi connectivity index (χ3n) is 6.29. The zero-order valence-electron chi connectivity index (χ0n) is 20.0. The summed E-state index contributed by atoms with van der Waals surface area (Å²) in [6, 6.07) is 3.33. The standard InChI is InChI=1S/C25H33N5O3/c1-15-20-18(28-29-22(31)16-9-11-26-12-10-16)7-6-8-19(20)33-21(15)23(32)27-17-13-24(2,3)30-25(4,5)14-17/h9-12,17,30H,6-8,13-14H2,1-5H3,(H,27,32)(H,29,31)/b28-18+. The molecule has 1 aliphatic heterocycles. The van der Waals surface area contributed by atoms with Gasteiger partial charge in [-0.3, -0.25) is 14.6 Å². The normalized spacial score (nSPS) is 20.8. The number of carbonyl (C=O) groups excluding carboxylic acids is 2. The predicted molar refractivity (Wildman–Crippen MR) is 126 cm³/mol. The van der Waals surface area contributed by atoms with E-state index in [1.165, 1.54) is 0 Å². The molecule has 3 N–H and O–H groups in total. The van der Waals surface area contributed by atoms with Gasteiger partial charge in [-0.2, -0.15) is 5.10 Å². The fraction of sp³-hybridized carbons (Fsp3) is 0.520. The van der Waals surface area contributed by atoms with Crippen molar-refractivity contribution in [3.8, 4) is 0 Å². The third-order valence-corrected chi connectivity index (χ3v) is 6.29. The van der Waals surface area contributed by atoms with Gasteiger partial charge in [0.25, 0.3) is 11.8 Å². The zero-order chi connectivity index (χ0) is 23.8. The Morgan fingerprint density at radius 2 is 1.76 bits per heavy atom. The van der Waals surface area contributed by atoms with Crippen molar-refractivity contribution in [2.45, 2.75) is 83.8 Å². The lowest BCUT2D eigenvalue weighted by atomic mass is 9.79. The molecule has 8 heteroatoms. The molecule has 0 unspecified atom stereocenters. The minimum absolute atomic E-state index is 0.0538. The SMILES string of the molecule is Cc1c(C(=O)NC2CC(C)(C)NC(C)(C)C2)oc2c1/C(=N/NC(=O)c1ccncc1)CCC2. The van der Waals surface area contributed by atoms with E-state index in [1.54, 1.807) is 24.5 Å². The Labute approximate surface area is 194 Å². The molecular weight excluding hydrogens is 418 g/mol. The second-order valence-electron chi connectivity index (χ2n) is 10.4. The topological polar surface area (TPSA) is 109 Å². The summed E-state index contributed by atoms with van der Waals surface area (Å²) in [5.41, 5.74) is 5.34. The number of nitrogens with zero attached hydrogens (tertiary/aromatic N) is 2. The number of hydrogen-bond acceptors (Lipinski definition) is 6. The summed E-state index contributed by atoms with van der Waals surface area (Å²) < 4.78 is 6.04. The lowest BCUT2D eigenvalue weighted by molar-refractivity contribution is 0.0842. The molecule has 2 aromatic rings. The van der Waals surface area contributed by atoms with Crippen LogP contribution in [0.5, 0.6) is 0 Å². The minimum Gasteiger partial charge on any atom is -0.455 e. The van der Waals surface area contributed by atoms with Crippen LogP contribution in [0.3, 0.4) is 0 Å². The number of pyridine rings is 1. The lowest BCUT2D eigenvalue weighted by Crippen LogP contribution is -2.62. The van der Waals surface area contributed by atoms with Crippen LogP contribution in [0.2, 0.25) is 0 Å². The first kappa shape index (κ1) is 23.2. The first-order valence-electron chi connectivity index (χ1n) is 11.5. The maximum atomic E-state index is 13.2. The predicted octanol–water partition coefficient (Wildman–Crippen LogP) is 3.49. The summed E-state index contributed by atoms with van der Waals surface area (Å²) in [6.07, 6.45) is 7.12. The molecule has 0 saturated carbocycles. The smallest absolute Gasteiger partial charge is 0.287 e. The zero-order valence-corrected chi connectivity index (χ0v) is 20.0. The second-order valence-corrected chi connectivity index (χ2v) is 10.4. The van der Waals surface area contributed by atoms with Crippen LogP contribution in [-0.4, -0.2) is 39.6 Å². The van der Waals surface area contributed by atoms with Crippen molar-refractivity contribution >= 4 is 17.5 Å². The molecule has 0 bridgehead atoms. The molecule has 0 spiro atoms. The van der Waals surface area contributed by atoms with Gasteiger partial charge in [0.2, 0.25) is 0 Å². The molecule has 2 aliphatic rings. The Bertz CT molecular complexity index is 1070. The largest absolute Gasteiger partial charge is 0.455 e.